The standard InChI is InChI=1S/C10H14FNO/c1-7(6-12)8-3-4-10(13-2)9(11)5-8/h3-5,7H,6,12H2,1-2H3/t7-/m0/s1. The van der Waals surface area contributed by atoms with Crippen LogP contribution in [-0.2, 0) is 0 Å². The molecule has 3 heteroatoms. The van der Waals surface area contributed by atoms with Crippen LogP contribution in [0, 0.1) is 5.82 Å². The van der Waals surface area contributed by atoms with E-state index in [1.807, 2.05) is 13.0 Å². The average Bonchev–Trinajstić information content (AvgIpc) is 2.16. The third-order valence-electron chi connectivity index (χ3n) is 2.10. The largest absolute Gasteiger partial charge is 0.494 e. The lowest BCUT2D eigenvalue weighted by Gasteiger charge is -2.10. The van der Waals surface area contributed by atoms with Crippen LogP contribution in [0.3, 0.4) is 0 Å². The Kier molecular flexibility index (Phi) is 3.25. The molecule has 1 aromatic rings. The molecule has 0 aromatic heterocycles. The highest BCUT2D eigenvalue weighted by Gasteiger charge is 2.07. The summed E-state index contributed by atoms with van der Waals surface area (Å²) in [7, 11) is 1.45. The molecule has 0 saturated carbocycles. The fourth-order valence-electron chi connectivity index (χ4n) is 1.13. The molecule has 2 N–H and O–H groups in total. The monoisotopic (exact) mass is 183 g/mol. The Morgan fingerprint density at radius 3 is 2.69 bits per heavy atom. The molecule has 0 amide bonds. The van der Waals surface area contributed by atoms with Crippen LogP contribution in [0.5, 0.6) is 5.75 Å². The molecular formula is C10H14FNO. The van der Waals surface area contributed by atoms with E-state index in [-0.39, 0.29) is 17.5 Å². The number of methoxy groups -OCH3 is 1. The second kappa shape index (κ2) is 4.23. The quantitative estimate of drug-likeness (QED) is 0.776. The van der Waals surface area contributed by atoms with Crippen molar-refractivity contribution in [3.05, 3.63) is 29.6 Å². The first-order valence-electron chi connectivity index (χ1n) is 4.22. The van der Waals surface area contributed by atoms with Crippen LogP contribution in [-0.4, -0.2) is 13.7 Å². The predicted octanol–water partition coefficient (Wildman–Crippen LogP) is 1.90. The lowest BCUT2D eigenvalue weighted by Crippen LogP contribution is -2.09. The lowest BCUT2D eigenvalue weighted by molar-refractivity contribution is 0.386. The number of ether oxygens (including phenoxy) is 1. The molecule has 2 nitrogen and oxygen atoms in total. The number of rotatable bonds is 3. The van der Waals surface area contributed by atoms with Crippen molar-refractivity contribution in [1.29, 1.82) is 0 Å². The molecule has 0 heterocycles. The van der Waals surface area contributed by atoms with Gasteiger partial charge in [0.05, 0.1) is 7.11 Å². The van der Waals surface area contributed by atoms with Gasteiger partial charge < -0.3 is 10.5 Å². The third kappa shape index (κ3) is 2.18. The van der Waals surface area contributed by atoms with Crippen molar-refractivity contribution in [2.45, 2.75) is 12.8 Å². The van der Waals surface area contributed by atoms with E-state index in [1.165, 1.54) is 13.2 Å². The minimum atomic E-state index is -0.333. The first-order chi connectivity index (χ1) is 6.19. The van der Waals surface area contributed by atoms with E-state index in [1.54, 1.807) is 6.07 Å². The molecule has 1 rings (SSSR count). The topological polar surface area (TPSA) is 35.2 Å². The Bertz CT molecular complexity index is 288. The number of hydrogen-bond acceptors (Lipinski definition) is 2. The zero-order chi connectivity index (χ0) is 9.84. The predicted molar refractivity (Wildman–Crippen MR) is 50.4 cm³/mol. The lowest BCUT2D eigenvalue weighted by atomic mass is 10.0. The average molecular weight is 183 g/mol. The van der Waals surface area contributed by atoms with Gasteiger partial charge in [0.25, 0.3) is 0 Å². The molecule has 0 aliphatic rings. The van der Waals surface area contributed by atoms with Crippen molar-refractivity contribution in [2.24, 2.45) is 5.73 Å². The van der Waals surface area contributed by atoms with Gasteiger partial charge in [-0.25, -0.2) is 4.39 Å². The number of hydrogen-bond donors (Lipinski definition) is 1. The maximum Gasteiger partial charge on any atom is 0.165 e. The highest BCUT2D eigenvalue weighted by atomic mass is 19.1. The van der Waals surface area contributed by atoms with Gasteiger partial charge in [0.2, 0.25) is 0 Å². The van der Waals surface area contributed by atoms with E-state index in [9.17, 15) is 4.39 Å². The van der Waals surface area contributed by atoms with Gasteiger partial charge in [0, 0.05) is 0 Å². The van der Waals surface area contributed by atoms with Crippen LogP contribution in [0.4, 0.5) is 4.39 Å². The first kappa shape index (κ1) is 9.99. The Morgan fingerprint density at radius 2 is 2.23 bits per heavy atom. The molecule has 0 unspecified atom stereocenters. The van der Waals surface area contributed by atoms with Crippen LogP contribution < -0.4 is 10.5 Å². The van der Waals surface area contributed by atoms with Gasteiger partial charge in [-0.05, 0) is 30.2 Å². The van der Waals surface area contributed by atoms with Gasteiger partial charge in [0.1, 0.15) is 0 Å². The molecular weight excluding hydrogens is 169 g/mol. The Labute approximate surface area is 77.5 Å². The van der Waals surface area contributed by atoms with Crippen LogP contribution in [0.15, 0.2) is 18.2 Å². The van der Waals surface area contributed by atoms with E-state index in [2.05, 4.69) is 0 Å². The summed E-state index contributed by atoms with van der Waals surface area (Å²) in [5.74, 6) is 0.119. The van der Waals surface area contributed by atoms with E-state index >= 15 is 0 Å². The first-order valence-corrected chi connectivity index (χ1v) is 4.22. The van der Waals surface area contributed by atoms with E-state index in [0.29, 0.717) is 6.54 Å². The van der Waals surface area contributed by atoms with Crippen molar-refractivity contribution in [3.63, 3.8) is 0 Å². The molecule has 0 aliphatic carbocycles. The van der Waals surface area contributed by atoms with Crippen LogP contribution in [0.1, 0.15) is 18.4 Å². The molecule has 1 aromatic carbocycles. The molecule has 0 fully saturated rings. The minimum absolute atomic E-state index is 0.181. The van der Waals surface area contributed by atoms with Crippen LogP contribution >= 0.6 is 0 Å². The highest BCUT2D eigenvalue weighted by Crippen LogP contribution is 2.21. The van der Waals surface area contributed by atoms with Crippen LogP contribution in [0.25, 0.3) is 0 Å². The Morgan fingerprint density at radius 1 is 1.54 bits per heavy atom. The fourth-order valence-corrected chi connectivity index (χ4v) is 1.13. The van der Waals surface area contributed by atoms with Gasteiger partial charge in [-0.2, -0.15) is 0 Å². The molecule has 13 heavy (non-hydrogen) atoms. The number of benzene rings is 1. The molecule has 1 atom stereocenters. The zero-order valence-corrected chi connectivity index (χ0v) is 7.88. The second-order valence-electron chi connectivity index (χ2n) is 3.03. The molecule has 0 aliphatic heterocycles. The summed E-state index contributed by atoms with van der Waals surface area (Å²) in [6.45, 7) is 2.48. The molecule has 0 radical (unpaired) electrons. The van der Waals surface area contributed by atoms with Gasteiger partial charge in [0.15, 0.2) is 11.6 Å². The molecule has 0 bridgehead atoms. The van der Waals surface area contributed by atoms with Gasteiger partial charge in [-0.15, -0.1) is 0 Å². The van der Waals surface area contributed by atoms with Crippen molar-refractivity contribution in [1.82, 2.24) is 0 Å². The van der Waals surface area contributed by atoms with Gasteiger partial charge >= 0.3 is 0 Å². The van der Waals surface area contributed by atoms with Gasteiger partial charge in [-0.3, -0.25) is 0 Å². The summed E-state index contributed by atoms with van der Waals surface area (Å²) >= 11 is 0. The molecule has 0 saturated heterocycles. The third-order valence-corrected chi connectivity index (χ3v) is 2.10. The maximum atomic E-state index is 13.2. The fraction of sp³-hybridized carbons (Fsp3) is 0.400. The zero-order valence-electron chi connectivity index (χ0n) is 7.88. The van der Waals surface area contributed by atoms with Crippen molar-refractivity contribution in [3.8, 4) is 5.75 Å². The summed E-state index contributed by atoms with van der Waals surface area (Å²) in [4.78, 5) is 0. The highest BCUT2D eigenvalue weighted by molar-refractivity contribution is 5.31. The SMILES string of the molecule is COc1ccc([C@@H](C)CN)cc1F. The summed E-state index contributed by atoms with van der Waals surface area (Å²) in [5.41, 5.74) is 6.37. The number of halogens is 1. The summed E-state index contributed by atoms with van der Waals surface area (Å²) < 4.78 is 18.0. The van der Waals surface area contributed by atoms with Gasteiger partial charge in [-0.1, -0.05) is 13.0 Å². The number of nitrogens with two attached hydrogens (primary N) is 1. The summed E-state index contributed by atoms with van der Waals surface area (Å²) in [6.07, 6.45) is 0. The molecule has 0 spiro atoms. The normalized spacial score (nSPS) is 12.6. The molecule has 72 valence electrons. The summed E-state index contributed by atoms with van der Waals surface area (Å²) in [5, 5.41) is 0. The minimum Gasteiger partial charge on any atom is -0.494 e. The Balaban J connectivity index is 2.95. The smallest absolute Gasteiger partial charge is 0.165 e. The van der Waals surface area contributed by atoms with Crippen molar-refractivity contribution < 1.29 is 9.13 Å². The Hall–Kier alpha value is -1.09. The van der Waals surface area contributed by atoms with Crippen molar-refractivity contribution in [2.75, 3.05) is 13.7 Å². The van der Waals surface area contributed by atoms with E-state index in [4.69, 9.17) is 10.5 Å². The second-order valence-corrected chi connectivity index (χ2v) is 3.03. The van der Waals surface area contributed by atoms with Crippen molar-refractivity contribution >= 4 is 0 Å². The van der Waals surface area contributed by atoms with Crippen LogP contribution in [0.2, 0.25) is 0 Å². The maximum absolute atomic E-state index is 13.2. The van der Waals surface area contributed by atoms with E-state index in [0.717, 1.165) is 5.56 Å². The summed E-state index contributed by atoms with van der Waals surface area (Å²) in [6, 6.07) is 4.92. The van der Waals surface area contributed by atoms with E-state index < -0.39 is 0 Å².